The summed E-state index contributed by atoms with van der Waals surface area (Å²) in [5, 5.41) is -0.240. The minimum absolute atomic E-state index is 0.240. The van der Waals surface area contributed by atoms with Gasteiger partial charge in [-0.3, -0.25) is 14.5 Å². The van der Waals surface area contributed by atoms with Crippen molar-refractivity contribution >= 4 is 44.9 Å². The number of rotatable bonds is 4. The second-order valence-electron chi connectivity index (χ2n) is 6.09. The summed E-state index contributed by atoms with van der Waals surface area (Å²) in [6.45, 7) is 6.10. The molecular formula is C19H18BrFN2O2S. The molecule has 1 aliphatic heterocycles. The fourth-order valence-corrected chi connectivity index (χ4v) is 4.21. The van der Waals surface area contributed by atoms with Gasteiger partial charge in [0.2, 0.25) is 0 Å². The van der Waals surface area contributed by atoms with E-state index < -0.39 is 0 Å². The number of halogens is 2. The Hall–Kier alpha value is -1.86. The molecule has 1 fully saturated rings. The molecule has 7 heteroatoms. The molecule has 0 bridgehead atoms. The highest BCUT2D eigenvalue weighted by atomic mass is 79.9. The Morgan fingerprint density at radius 1 is 1.23 bits per heavy atom. The van der Waals surface area contributed by atoms with E-state index in [0.29, 0.717) is 21.6 Å². The average molecular weight is 437 g/mol. The molecule has 0 unspecified atom stereocenters. The van der Waals surface area contributed by atoms with Crippen LogP contribution in [0.2, 0.25) is 0 Å². The Bertz CT molecular complexity index is 936. The second kappa shape index (κ2) is 7.40. The number of amides is 2. The summed E-state index contributed by atoms with van der Waals surface area (Å²) in [5.74, 6) is -0.600. The zero-order chi connectivity index (χ0) is 19.0. The molecule has 0 aliphatic carbocycles. The van der Waals surface area contributed by atoms with Crippen molar-refractivity contribution in [2.45, 2.75) is 27.2 Å². The Labute approximate surface area is 164 Å². The van der Waals surface area contributed by atoms with Gasteiger partial charge in [-0.15, -0.1) is 0 Å². The summed E-state index contributed by atoms with van der Waals surface area (Å²) in [7, 11) is 0. The van der Waals surface area contributed by atoms with Crippen LogP contribution >= 0.6 is 27.7 Å². The van der Waals surface area contributed by atoms with E-state index in [1.54, 1.807) is 18.2 Å². The largest absolute Gasteiger partial charge is 0.315 e. The molecule has 4 nitrogen and oxygen atoms in total. The van der Waals surface area contributed by atoms with Crippen LogP contribution in [0.25, 0.3) is 11.8 Å². The van der Waals surface area contributed by atoms with Crippen LogP contribution in [0, 0.1) is 19.7 Å². The number of hydrogen-bond donors (Lipinski definition) is 0. The lowest BCUT2D eigenvalue weighted by atomic mass is 10.2. The average Bonchev–Trinajstić information content (AvgIpc) is 2.99. The fourth-order valence-electron chi connectivity index (χ4n) is 3.02. The molecule has 0 atom stereocenters. The van der Waals surface area contributed by atoms with Gasteiger partial charge in [-0.25, -0.2) is 4.39 Å². The van der Waals surface area contributed by atoms with Crippen molar-refractivity contribution in [2.24, 2.45) is 0 Å². The van der Waals surface area contributed by atoms with E-state index >= 15 is 0 Å². The zero-order valence-electron chi connectivity index (χ0n) is 14.7. The van der Waals surface area contributed by atoms with E-state index in [9.17, 15) is 14.0 Å². The minimum atomic E-state index is -0.337. The molecule has 2 aromatic rings. The quantitative estimate of drug-likeness (QED) is 0.598. The van der Waals surface area contributed by atoms with Crippen LogP contribution in [-0.2, 0) is 4.79 Å². The maximum atomic E-state index is 14.4. The molecule has 1 aliphatic rings. The van der Waals surface area contributed by atoms with Crippen molar-refractivity contribution in [3.63, 3.8) is 0 Å². The first-order valence-electron chi connectivity index (χ1n) is 8.23. The molecule has 0 saturated carbocycles. The number of thioether (sulfide) groups is 1. The van der Waals surface area contributed by atoms with Gasteiger partial charge in [0.05, 0.1) is 10.6 Å². The summed E-state index contributed by atoms with van der Waals surface area (Å²) in [6.07, 6.45) is 2.44. The first-order valence-corrected chi connectivity index (χ1v) is 9.84. The van der Waals surface area contributed by atoms with Crippen LogP contribution in [0.15, 0.2) is 33.6 Å². The topological polar surface area (TPSA) is 42.3 Å². The molecule has 1 saturated heterocycles. The van der Waals surface area contributed by atoms with Gasteiger partial charge < -0.3 is 4.57 Å². The normalized spacial score (nSPS) is 16.2. The Balaban J connectivity index is 2.01. The molecular weight excluding hydrogens is 419 g/mol. The number of aromatic nitrogens is 1. The van der Waals surface area contributed by atoms with Crippen LogP contribution < -0.4 is 0 Å². The Kier molecular flexibility index (Phi) is 5.39. The van der Waals surface area contributed by atoms with Crippen molar-refractivity contribution in [3.05, 3.63) is 56.4 Å². The van der Waals surface area contributed by atoms with Crippen molar-refractivity contribution in [3.8, 4) is 5.69 Å². The highest BCUT2D eigenvalue weighted by molar-refractivity contribution is 9.10. The Morgan fingerprint density at radius 3 is 2.62 bits per heavy atom. The first-order chi connectivity index (χ1) is 12.3. The van der Waals surface area contributed by atoms with E-state index in [-0.39, 0.29) is 17.0 Å². The number of carbonyl (C=O) groups is 2. The summed E-state index contributed by atoms with van der Waals surface area (Å²) >= 11 is 4.21. The molecule has 0 N–H and O–H groups in total. The lowest BCUT2D eigenvalue weighted by Gasteiger charge is -2.11. The standard InChI is InChI=1S/C19H18BrFN2O2S/c1-4-7-22-18(24)17(26-19(22)25)9-13-8-11(2)23(12(13)3)16-6-5-14(20)10-15(16)21/h5-6,8-10H,4,7H2,1-3H3/b17-9+. The van der Waals surface area contributed by atoms with Gasteiger partial charge in [0.1, 0.15) is 5.82 Å². The zero-order valence-corrected chi connectivity index (χ0v) is 17.1. The number of imide groups is 1. The van der Waals surface area contributed by atoms with Crippen molar-refractivity contribution < 1.29 is 14.0 Å². The maximum Gasteiger partial charge on any atom is 0.293 e. The minimum Gasteiger partial charge on any atom is -0.315 e. The molecule has 0 spiro atoms. The molecule has 1 aromatic carbocycles. The molecule has 3 rings (SSSR count). The third-order valence-electron chi connectivity index (χ3n) is 4.23. The number of benzene rings is 1. The third-order valence-corrected chi connectivity index (χ3v) is 5.63. The van der Waals surface area contributed by atoms with E-state index in [4.69, 9.17) is 0 Å². The Morgan fingerprint density at radius 2 is 1.96 bits per heavy atom. The van der Waals surface area contributed by atoms with E-state index in [1.807, 2.05) is 31.4 Å². The predicted octanol–water partition coefficient (Wildman–Crippen LogP) is 5.44. The molecule has 136 valence electrons. The van der Waals surface area contributed by atoms with E-state index in [2.05, 4.69) is 15.9 Å². The van der Waals surface area contributed by atoms with Crippen molar-refractivity contribution in [1.82, 2.24) is 9.47 Å². The van der Waals surface area contributed by atoms with Gasteiger partial charge in [0, 0.05) is 22.4 Å². The summed E-state index contributed by atoms with van der Waals surface area (Å²) in [4.78, 5) is 26.1. The van der Waals surface area contributed by atoms with Crippen molar-refractivity contribution in [1.29, 1.82) is 0 Å². The van der Waals surface area contributed by atoms with Gasteiger partial charge in [0.25, 0.3) is 11.1 Å². The highest BCUT2D eigenvalue weighted by Gasteiger charge is 2.34. The van der Waals surface area contributed by atoms with Crippen LogP contribution in [0.3, 0.4) is 0 Å². The van der Waals surface area contributed by atoms with Gasteiger partial charge in [-0.05, 0) is 67.9 Å². The smallest absolute Gasteiger partial charge is 0.293 e. The SMILES string of the molecule is CCCN1C(=O)S/C(=C/c2cc(C)n(-c3ccc(Br)cc3F)c2C)C1=O. The highest BCUT2D eigenvalue weighted by Crippen LogP contribution is 2.34. The summed E-state index contributed by atoms with van der Waals surface area (Å²) < 4.78 is 16.9. The molecule has 1 aromatic heterocycles. The first kappa shape index (κ1) is 18.9. The van der Waals surface area contributed by atoms with Gasteiger partial charge in [-0.1, -0.05) is 22.9 Å². The van der Waals surface area contributed by atoms with Gasteiger partial charge in [-0.2, -0.15) is 0 Å². The molecule has 0 radical (unpaired) electrons. The number of carbonyl (C=O) groups excluding carboxylic acids is 2. The van der Waals surface area contributed by atoms with Crippen LogP contribution in [-0.4, -0.2) is 27.2 Å². The van der Waals surface area contributed by atoms with E-state index in [1.165, 1.54) is 11.0 Å². The monoisotopic (exact) mass is 436 g/mol. The lowest BCUT2D eigenvalue weighted by molar-refractivity contribution is -0.122. The number of aryl methyl sites for hydroxylation is 1. The van der Waals surface area contributed by atoms with E-state index in [0.717, 1.165) is 35.1 Å². The number of hydrogen-bond acceptors (Lipinski definition) is 3. The second-order valence-corrected chi connectivity index (χ2v) is 8.00. The van der Waals surface area contributed by atoms with Crippen molar-refractivity contribution in [2.75, 3.05) is 6.54 Å². The number of nitrogens with zero attached hydrogens (tertiary/aromatic N) is 2. The van der Waals surface area contributed by atoms with Gasteiger partial charge in [0.15, 0.2) is 0 Å². The van der Waals surface area contributed by atoms with Crippen LogP contribution in [0.1, 0.15) is 30.3 Å². The van der Waals surface area contributed by atoms with Crippen LogP contribution in [0.4, 0.5) is 9.18 Å². The maximum absolute atomic E-state index is 14.4. The predicted molar refractivity (Wildman–Crippen MR) is 106 cm³/mol. The summed E-state index contributed by atoms with van der Waals surface area (Å²) in [6, 6.07) is 6.81. The van der Waals surface area contributed by atoms with Gasteiger partial charge >= 0.3 is 0 Å². The molecule has 2 heterocycles. The van der Waals surface area contributed by atoms with Crippen LogP contribution in [0.5, 0.6) is 0 Å². The third kappa shape index (κ3) is 3.38. The summed E-state index contributed by atoms with van der Waals surface area (Å²) in [5.41, 5.74) is 2.91. The lowest BCUT2D eigenvalue weighted by Crippen LogP contribution is -2.28. The fraction of sp³-hybridized carbons (Fsp3) is 0.263. The molecule has 26 heavy (non-hydrogen) atoms. The molecule has 2 amide bonds.